The lowest BCUT2D eigenvalue weighted by molar-refractivity contribution is 0.995. The largest absolute Gasteiger partial charge is 0.364 e. The average molecular weight is 534 g/mol. The van der Waals surface area contributed by atoms with Crippen molar-refractivity contribution in [3.63, 3.8) is 0 Å². The maximum atomic E-state index is 4.48. The van der Waals surface area contributed by atoms with Gasteiger partial charge >= 0.3 is 0 Å². The van der Waals surface area contributed by atoms with Crippen molar-refractivity contribution >= 4 is 11.6 Å². The molecule has 0 atom stereocenters. The Balaban J connectivity index is 1.50. The van der Waals surface area contributed by atoms with E-state index in [9.17, 15) is 0 Å². The molecule has 0 spiro atoms. The van der Waals surface area contributed by atoms with Crippen LogP contribution in [0.15, 0.2) is 176 Å². The minimum Gasteiger partial charge on any atom is -0.364 e. The quantitative estimate of drug-likeness (QED) is 0.279. The molecular weight excluding hydrogens is 498 g/mol. The molecule has 41 heavy (non-hydrogen) atoms. The Morgan fingerprint density at radius 1 is 0.902 bits per heavy atom. The summed E-state index contributed by atoms with van der Waals surface area (Å²) in [5, 5.41) is 3.47. The zero-order valence-corrected chi connectivity index (χ0v) is 23.5. The standard InChI is InChI=1S/C38H35N3/c1-29-12-6-5-7-15-37(16-10-13-29)41-28-36(35-14-11-24-39-27-35)23-19-31(3)30(2)18-21-33-26-34(22-20-32(33)4)38-17-8-9-25-40-38/h5-14,16-28,41H,1-3,15H2,4H3/b7-5-,12-6-,13-10-,21-18-,23-19-,36-28+,37-16+. The molecular formula is C38H35N3. The zero-order valence-electron chi connectivity index (χ0n) is 23.5. The molecule has 1 N–H and O–H groups in total. The first-order chi connectivity index (χ1) is 20.0. The molecule has 1 aromatic carbocycles. The number of allylic oxidation sites excluding steroid dienone is 14. The minimum absolute atomic E-state index is 0.775. The Morgan fingerprint density at radius 3 is 2.56 bits per heavy atom. The molecule has 0 bridgehead atoms. The number of pyridine rings is 2. The van der Waals surface area contributed by atoms with E-state index in [-0.39, 0.29) is 0 Å². The van der Waals surface area contributed by atoms with Crippen molar-refractivity contribution in [3.05, 3.63) is 193 Å². The van der Waals surface area contributed by atoms with Crippen molar-refractivity contribution in [2.45, 2.75) is 13.3 Å². The number of aryl methyl sites for hydroxylation is 1. The third kappa shape index (κ3) is 8.87. The first-order valence-corrected chi connectivity index (χ1v) is 13.5. The molecule has 1 aliphatic carbocycles. The van der Waals surface area contributed by atoms with E-state index < -0.39 is 0 Å². The van der Waals surface area contributed by atoms with E-state index in [1.807, 2.05) is 97.5 Å². The van der Waals surface area contributed by atoms with Crippen LogP contribution in [-0.2, 0) is 0 Å². The molecule has 2 aromatic heterocycles. The van der Waals surface area contributed by atoms with Crippen LogP contribution in [0.4, 0.5) is 0 Å². The molecule has 4 rings (SSSR count). The van der Waals surface area contributed by atoms with Crippen LogP contribution in [0.2, 0.25) is 0 Å². The summed E-state index contributed by atoms with van der Waals surface area (Å²) < 4.78 is 0. The molecule has 0 aliphatic heterocycles. The zero-order chi connectivity index (χ0) is 28.9. The van der Waals surface area contributed by atoms with Gasteiger partial charge < -0.3 is 5.32 Å². The van der Waals surface area contributed by atoms with Gasteiger partial charge in [-0.1, -0.05) is 105 Å². The van der Waals surface area contributed by atoms with Gasteiger partial charge in [0.05, 0.1) is 5.69 Å². The summed E-state index contributed by atoms with van der Waals surface area (Å²) in [4.78, 5) is 8.79. The Kier molecular flexibility index (Phi) is 10.3. The maximum absolute atomic E-state index is 4.48. The van der Waals surface area contributed by atoms with Gasteiger partial charge in [-0.15, -0.1) is 0 Å². The van der Waals surface area contributed by atoms with Gasteiger partial charge in [0, 0.05) is 48.0 Å². The molecule has 0 saturated carbocycles. The van der Waals surface area contributed by atoms with Crippen molar-refractivity contribution in [3.8, 4) is 11.3 Å². The molecule has 1 aliphatic rings. The smallest absolute Gasteiger partial charge is 0.0702 e. The number of benzene rings is 1. The Bertz CT molecular complexity index is 1610. The van der Waals surface area contributed by atoms with Gasteiger partial charge in [-0.3, -0.25) is 9.97 Å². The van der Waals surface area contributed by atoms with Gasteiger partial charge in [0.25, 0.3) is 0 Å². The normalized spacial score (nSPS) is 17.5. The van der Waals surface area contributed by atoms with Crippen LogP contribution in [0.3, 0.4) is 0 Å². The minimum atomic E-state index is 0.775. The van der Waals surface area contributed by atoms with E-state index in [0.717, 1.165) is 56.8 Å². The van der Waals surface area contributed by atoms with Crippen LogP contribution in [0, 0.1) is 6.92 Å². The lowest BCUT2D eigenvalue weighted by atomic mass is 10.00. The fourth-order valence-electron chi connectivity index (χ4n) is 4.01. The fraction of sp³-hybridized carbons (Fsp3) is 0.0526. The summed E-state index contributed by atoms with van der Waals surface area (Å²) in [6, 6.07) is 16.3. The van der Waals surface area contributed by atoms with Crippen LogP contribution in [-0.4, -0.2) is 9.97 Å². The topological polar surface area (TPSA) is 37.8 Å². The third-order valence-corrected chi connectivity index (χ3v) is 6.49. The van der Waals surface area contributed by atoms with Gasteiger partial charge in [-0.25, -0.2) is 0 Å². The summed E-state index contributed by atoms with van der Waals surface area (Å²) in [6.07, 6.45) is 30.5. The van der Waals surface area contributed by atoms with Crippen LogP contribution >= 0.6 is 0 Å². The third-order valence-electron chi connectivity index (χ3n) is 6.49. The van der Waals surface area contributed by atoms with E-state index in [4.69, 9.17) is 0 Å². The molecule has 2 heterocycles. The van der Waals surface area contributed by atoms with Gasteiger partial charge in [-0.2, -0.15) is 0 Å². The molecule has 0 unspecified atom stereocenters. The van der Waals surface area contributed by atoms with Gasteiger partial charge in [0.2, 0.25) is 0 Å². The molecule has 202 valence electrons. The number of aromatic nitrogens is 2. The highest BCUT2D eigenvalue weighted by atomic mass is 14.8. The monoisotopic (exact) mass is 533 g/mol. The maximum Gasteiger partial charge on any atom is 0.0702 e. The highest BCUT2D eigenvalue weighted by Gasteiger charge is 2.03. The molecule has 0 radical (unpaired) electrons. The van der Waals surface area contributed by atoms with E-state index in [1.165, 1.54) is 5.56 Å². The van der Waals surface area contributed by atoms with Crippen LogP contribution < -0.4 is 5.32 Å². The number of nitrogens with one attached hydrogen (secondary N) is 1. The van der Waals surface area contributed by atoms with Crippen molar-refractivity contribution in [1.82, 2.24) is 15.3 Å². The van der Waals surface area contributed by atoms with Gasteiger partial charge in [0.15, 0.2) is 0 Å². The second-order valence-electron chi connectivity index (χ2n) is 9.61. The summed E-state index contributed by atoms with van der Waals surface area (Å²) in [5.74, 6) is 0. The van der Waals surface area contributed by atoms with E-state index >= 15 is 0 Å². The van der Waals surface area contributed by atoms with E-state index in [1.54, 1.807) is 6.20 Å². The Morgan fingerprint density at radius 2 is 1.76 bits per heavy atom. The van der Waals surface area contributed by atoms with Crippen molar-refractivity contribution in [1.29, 1.82) is 0 Å². The summed E-state index contributed by atoms with van der Waals surface area (Å²) in [6.45, 7) is 14.6. The number of rotatable bonds is 9. The summed E-state index contributed by atoms with van der Waals surface area (Å²) in [5.41, 5.74) is 9.97. The van der Waals surface area contributed by atoms with E-state index in [2.05, 4.69) is 78.4 Å². The Labute approximate surface area is 244 Å². The molecule has 3 nitrogen and oxygen atoms in total. The molecule has 0 fully saturated rings. The number of nitrogens with zero attached hydrogens (tertiary/aromatic N) is 2. The first-order valence-electron chi connectivity index (χ1n) is 13.5. The predicted molar refractivity (Wildman–Crippen MR) is 175 cm³/mol. The summed E-state index contributed by atoms with van der Waals surface area (Å²) in [7, 11) is 0. The second kappa shape index (κ2) is 14.8. The molecule has 0 saturated heterocycles. The molecule has 3 aromatic rings. The van der Waals surface area contributed by atoms with Gasteiger partial charge in [-0.05, 0) is 70.7 Å². The predicted octanol–water partition coefficient (Wildman–Crippen LogP) is 9.28. The highest BCUT2D eigenvalue weighted by molar-refractivity contribution is 5.75. The summed E-state index contributed by atoms with van der Waals surface area (Å²) >= 11 is 0. The van der Waals surface area contributed by atoms with E-state index in [0.29, 0.717) is 0 Å². The van der Waals surface area contributed by atoms with Crippen molar-refractivity contribution in [2.24, 2.45) is 0 Å². The van der Waals surface area contributed by atoms with Crippen LogP contribution in [0.25, 0.3) is 22.9 Å². The molecule has 3 heteroatoms. The Hall–Kier alpha value is -5.28. The molecule has 0 amide bonds. The van der Waals surface area contributed by atoms with Gasteiger partial charge in [0.1, 0.15) is 0 Å². The van der Waals surface area contributed by atoms with Crippen LogP contribution in [0.5, 0.6) is 0 Å². The van der Waals surface area contributed by atoms with Crippen molar-refractivity contribution in [2.75, 3.05) is 0 Å². The van der Waals surface area contributed by atoms with Crippen LogP contribution in [0.1, 0.15) is 23.1 Å². The SMILES string of the molecule is C=C1/C=C\C=C/C/C(N/C=C(\C=C/C(=C)C(=C)/C=C\c2cc(-c3ccccn3)ccc2C)c2cccnc2)=C\C=C/1. The average Bonchev–Trinajstić information content (AvgIpc) is 3.00. The lowest BCUT2D eigenvalue weighted by Gasteiger charge is -2.09. The highest BCUT2D eigenvalue weighted by Crippen LogP contribution is 2.23. The number of hydrogen-bond donors (Lipinski definition) is 1. The lowest BCUT2D eigenvalue weighted by Crippen LogP contribution is -2.05. The fourth-order valence-corrected chi connectivity index (χ4v) is 4.01. The second-order valence-corrected chi connectivity index (χ2v) is 9.61. The first kappa shape index (κ1) is 28.7. The number of hydrogen-bond acceptors (Lipinski definition) is 3. The van der Waals surface area contributed by atoms with Crippen molar-refractivity contribution < 1.29 is 0 Å².